The third-order valence-corrected chi connectivity index (χ3v) is 7.15. The molecule has 2 aromatic rings. The highest BCUT2D eigenvalue weighted by Crippen LogP contribution is 2.37. The molecule has 0 aromatic heterocycles. The summed E-state index contributed by atoms with van der Waals surface area (Å²) >= 11 is 0. The van der Waals surface area contributed by atoms with E-state index in [1.54, 1.807) is 0 Å². The molecule has 0 spiro atoms. The van der Waals surface area contributed by atoms with E-state index in [0.29, 0.717) is 45.4 Å². The summed E-state index contributed by atoms with van der Waals surface area (Å²) in [5.41, 5.74) is 1.23. The quantitative estimate of drug-likeness (QED) is 0.659. The number of likely N-dealkylation sites (tertiary alicyclic amines) is 2. The van der Waals surface area contributed by atoms with Gasteiger partial charge in [0.15, 0.2) is 0 Å². The summed E-state index contributed by atoms with van der Waals surface area (Å²) in [6.07, 6.45) is 3.08. The maximum Gasteiger partial charge on any atom is 0.316 e. The Morgan fingerprint density at radius 1 is 0.909 bits per heavy atom. The maximum absolute atomic E-state index is 13.3. The number of ether oxygens (including phenoxy) is 1. The van der Waals surface area contributed by atoms with Gasteiger partial charge < -0.3 is 14.5 Å². The lowest BCUT2D eigenvalue weighted by Crippen LogP contribution is -2.53. The Balaban J connectivity index is 1.38. The third kappa shape index (κ3) is 4.95. The Hall–Kier alpha value is -3.15. The molecule has 6 heteroatoms. The molecule has 2 amide bonds. The molecule has 2 aliphatic rings. The summed E-state index contributed by atoms with van der Waals surface area (Å²) in [6.45, 7) is 2.20. The summed E-state index contributed by atoms with van der Waals surface area (Å²) in [4.78, 5) is 42.6. The lowest BCUT2D eigenvalue weighted by atomic mass is 9.72. The van der Waals surface area contributed by atoms with Crippen molar-refractivity contribution in [2.24, 2.45) is 5.92 Å². The molecule has 1 atom stereocenters. The van der Waals surface area contributed by atoms with Gasteiger partial charge >= 0.3 is 5.97 Å². The number of hydrogen-bond acceptors (Lipinski definition) is 4. The van der Waals surface area contributed by atoms with Crippen LogP contribution in [0.3, 0.4) is 0 Å². The molecule has 0 bridgehead atoms. The van der Waals surface area contributed by atoms with Crippen LogP contribution in [-0.4, -0.2) is 60.9 Å². The molecule has 0 N–H and O–H groups in total. The largest absolute Gasteiger partial charge is 0.468 e. The molecule has 2 fully saturated rings. The molecule has 2 heterocycles. The maximum atomic E-state index is 13.3. The second-order valence-corrected chi connectivity index (χ2v) is 9.11. The van der Waals surface area contributed by atoms with Gasteiger partial charge in [-0.3, -0.25) is 14.4 Å². The summed E-state index contributed by atoms with van der Waals surface area (Å²) in [6, 6.07) is 19.4. The zero-order chi connectivity index (χ0) is 23.3. The van der Waals surface area contributed by atoms with Crippen molar-refractivity contribution in [1.29, 1.82) is 0 Å². The van der Waals surface area contributed by atoms with Crippen molar-refractivity contribution in [1.82, 2.24) is 9.80 Å². The van der Waals surface area contributed by atoms with E-state index in [-0.39, 0.29) is 23.7 Å². The Bertz CT molecular complexity index is 968. The first kappa shape index (κ1) is 23.0. The van der Waals surface area contributed by atoms with Crippen molar-refractivity contribution >= 4 is 17.8 Å². The van der Waals surface area contributed by atoms with E-state index < -0.39 is 5.41 Å². The van der Waals surface area contributed by atoms with Crippen LogP contribution in [0.2, 0.25) is 0 Å². The molecule has 0 radical (unpaired) electrons. The van der Waals surface area contributed by atoms with Crippen LogP contribution in [0.5, 0.6) is 0 Å². The van der Waals surface area contributed by atoms with Gasteiger partial charge in [-0.05, 0) is 36.8 Å². The summed E-state index contributed by atoms with van der Waals surface area (Å²) in [5, 5.41) is 0. The predicted molar refractivity (Wildman–Crippen MR) is 125 cm³/mol. The zero-order valence-corrected chi connectivity index (χ0v) is 19.2. The number of carbonyl (C=O) groups excluding carboxylic acids is 3. The summed E-state index contributed by atoms with van der Waals surface area (Å²) in [5.74, 6) is -0.248. The van der Waals surface area contributed by atoms with E-state index in [0.717, 1.165) is 24.0 Å². The number of rotatable bonds is 5. The molecule has 6 nitrogen and oxygen atoms in total. The normalized spacial score (nSPS) is 20.2. The van der Waals surface area contributed by atoms with Crippen LogP contribution in [0.1, 0.15) is 36.8 Å². The van der Waals surface area contributed by atoms with E-state index in [9.17, 15) is 14.4 Å². The van der Waals surface area contributed by atoms with E-state index in [4.69, 9.17) is 4.74 Å². The Kier molecular flexibility index (Phi) is 7.11. The molecule has 1 unspecified atom stereocenters. The van der Waals surface area contributed by atoms with Crippen LogP contribution in [0, 0.1) is 5.92 Å². The van der Waals surface area contributed by atoms with E-state index in [1.807, 2.05) is 70.5 Å². The minimum absolute atomic E-state index is 0.0751. The molecular weight excluding hydrogens is 416 g/mol. The Morgan fingerprint density at radius 2 is 1.55 bits per heavy atom. The number of hydrogen-bond donors (Lipinski definition) is 0. The zero-order valence-electron chi connectivity index (χ0n) is 19.2. The lowest BCUT2D eigenvalue weighted by molar-refractivity contribution is -0.153. The molecule has 0 saturated carbocycles. The number of benzene rings is 2. The van der Waals surface area contributed by atoms with Crippen molar-refractivity contribution in [2.45, 2.75) is 37.5 Å². The monoisotopic (exact) mass is 448 g/mol. The molecule has 4 rings (SSSR count). The predicted octanol–water partition coefficient (Wildman–Crippen LogP) is 3.20. The highest BCUT2D eigenvalue weighted by atomic mass is 16.5. The van der Waals surface area contributed by atoms with Gasteiger partial charge in [0.25, 0.3) is 0 Å². The van der Waals surface area contributed by atoms with Gasteiger partial charge in [0.2, 0.25) is 11.8 Å². The highest BCUT2D eigenvalue weighted by Gasteiger charge is 2.45. The SMILES string of the molecule is COC(=O)C1(c2ccccc2)CCN(C(=O)C2CCCN(C(=O)Cc3ccccc3)C2)CC1. The van der Waals surface area contributed by atoms with Gasteiger partial charge in [0, 0.05) is 26.2 Å². The lowest BCUT2D eigenvalue weighted by Gasteiger charge is -2.42. The Labute approximate surface area is 195 Å². The molecule has 2 aliphatic heterocycles. The van der Waals surface area contributed by atoms with Crippen LogP contribution in [0.25, 0.3) is 0 Å². The van der Waals surface area contributed by atoms with E-state index >= 15 is 0 Å². The number of esters is 1. The van der Waals surface area contributed by atoms with Crippen molar-refractivity contribution in [3.8, 4) is 0 Å². The average molecular weight is 449 g/mol. The van der Waals surface area contributed by atoms with Crippen LogP contribution in [-0.2, 0) is 31.0 Å². The number of nitrogens with zero attached hydrogens (tertiary/aromatic N) is 2. The minimum Gasteiger partial charge on any atom is -0.468 e. The Morgan fingerprint density at radius 3 is 2.18 bits per heavy atom. The number of methoxy groups -OCH3 is 1. The smallest absolute Gasteiger partial charge is 0.316 e. The molecule has 2 saturated heterocycles. The third-order valence-electron chi connectivity index (χ3n) is 7.15. The van der Waals surface area contributed by atoms with Gasteiger partial charge in [-0.1, -0.05) is 60.7 Å². The van der Waals surface area contributed by atoms with Gasteiger partial charge in [-0.25, -0.2) is 0 Å². The van der Waals surface area contributed by atoms with Crippen LogP contribution < -0.4 is 0 Å². The number of piperidine rings is 2. The summed E-state index contributed by atoms with van der Waals surface area (Å²) in [7, 11) is 1.42. The standard InChI is InChI=1S/C27H32N2O4/c1-33-26(32)27(23-12-6-3-7-13-23)14-17-28(18-15-27)25(31)22-11-8-16-29(20-22)24(30)19-21-9-4-2-5-10-21/h2-7,9-10,12-13,22H,8,11,14-20H2,1H3. The van der Waals surface area contributed by atoms with Crippen molar-refractivity contribution in [2.75, 3.05) is 33.3 Å². The summed E-state index contributed by atoms with van der Waals surface area (Å²) < 4.78 is 5.16. The molecule has 2 aromatic carbocycles. The fraction of sp³-hybridized carbons (Fsp3) is 0.444. The van der Waals surface area contributed by atoms with Crippen LogP contribution in [0.4, 0.5) is 0 Å². The molecule has 33 heavy (non-hydrogen) atoms. The van der Waals surface area contributed by atoms with Gasteiger partial charge in [0.05, 0.1) is 24.9 Å². The van der Waals surface area contributed by atoms with Gasteiger partial charge in [-0.2, -0.15) is 0 Å². The van der Waals surface area contributed by atoms with Gasteiger partial charge in [0.1, 0.15) is 0 Å². The number of amides is 2. The second kappa shape index (κ2) is 10.2. The van der Waals surface area contributed by atoms with E-state index in [2.05, 4.69) is 0 Å². The van der Waals surface area contributed by atoms with Gasteiger partial charge in [-0.15, -0.1) is 0 Å². The second-order valence-electron chi connectivity index (χ2n) is 9.11. The minimum atomic E-state index is -0.711. The van der Waals surface area contributed by atoms with Crippen LogP contribution >= 0.6 is 0 Å². The van der Waals surface area contributed by atoms with Crippen molar-refractivity contribution in [3.05, 3.63) is 71.8 Å². The fourth-order valence-corrected chi connectivity index (χ4v) is 5.22. The molecule has 174 valence electrons. The highest BCUT2D eigenvalue weighted by molar-refractivity contribution is 5.85. The first-order valence-corrected chi connectivity index (χ1v) is 11.8. The van der Waals surface area contributed by atoms with Crippen molar-refractivity contribution in [3.63, 3.8) is 0 Å². The molecule has 0 aliphatic carbocycles. The fourth-order valence-electron chi connectivity index (χ4n) is 5.22. The first-order valence-electron chi connectivity index (χ1n) is 11.8. The van der Waals surface area contributed by atoms with Crippen LogP contribution in [0.15, 0.2) is 60.7 Å². The average Bonchev–Trinajstić information content (AvgIpc) is 2.89. The first-order chi connectivity index (χ1) is 16.0. The van der Waals surface area contributed by atoms with E-state index in [1.165, 1.54) is 7.11 Å². The topological polar surface area (TPSA) is 66.9 Å². The van der Waals surface area contributed by atoms with Crippen molar-refractivity contribution < 1.29 is 19.1 Å². The molecular formula is C27H32N2O4. The number of carbonyl (C=O) groups is 3.